The van der Waals surface area contributed by atoms with Crippen LogP contribution in [0.4, 0.5) is 14.5 Å². The molecule has 0 aliphatic heterocycles. The number of carbonyl (C=O) groups is 1. The molecule has 0 amide bonds. The number of nitro groups is 1. The Morgan fingerprint density at radius 3 is 2.59 bits per heavy atom. The number of aromatic nitrogens is 2. The van der Waals surface area contributed by atoms with Gasteiger partial charge in [-0.2, -0.15) is 5.10 Å². The van der Waals surface area contributed by atoms with Gasteiger partial charge in [-0.05, 0) is 32.6 Å². The van der Waals surface area contributed by atoms with Crippen molar-refractivity contribution in [1.29, 1.82) is 0 Å². The molecule has 122 valence electrons. The van der Waals surface area contributed by atoms with E-state index >= 15 is 0 Å². The quantitative estimate of drug-likeness (QED) is 0.473. The fourth-order valence-corrected chi connectivity index (χ4v) is 2.72. The SMILES string of the molecule is CCOC(=O)[C@H]1CC[C@H](n2cc([N+](=O)[O-])c(C(F)F)n2)CC1. The first-order valence-electron chi connectivity index (χ1n) is 7.12. The van der Waals surface area contributed by atoms with Gasteiger partial charge in [0, 0.05) is 0 Å². The summed E-state index contributed by atoms with van der Waals surface area (Å²) < 4.78 is 31.8. The smallest absolute Gasteiger partial charge is 0.316 e. The Morgan fingerprint density at radius 1 is 1.50 bits per heavy atom. The Bertz CT molecular complexity index is 553. The minimum atomic E-state index is -2.99. The molecule has 1 aliphatic rings. The molecule has 7 nitrogen and oxygen atoms in total. The third kappa shape index (κ3) is 3.40. The van der Waals surface area contributed by atoms with Crippen molar-refractivity contribution in [2.45, 2.75) is 45.1 Å². The zero-order chi connectivity index (χ0) is 16.3. The van der Waals surface area contributed by atoms with Gasteiger partial charge in [0.25, 0.3) is 6.43 Å². The molecular weight excluding hydrogens is 300 g/mol. The van der Waals surface area contributed by atoms with Crippen molar-refractivity contribution in [3.05, 3.63) is 22.0 Å². The van der Waals surface area contributed by atoms with Gasteiger partial charge in [-0.3, -0.25) is 19.6 Å². The number of rotatable bonds is 5. The predicted molar refractivity (Wildman–Crippen MR) is 71.5 cm³/mol. The highest BCUT2D eigenvalue weighted by Crippen LogP contribution is 2.35. The number of hydrogen-bond donors (Lipinski definition) is 0. The predicted octanol–water partition coefficient (Wildman–Crippen LogP) is 3.02. The molecule has 1 saturated carbocycles. The number of ether oxygens (including phenoxy) is 1. The Labute approximate surface area is 125 Å². The first-order valence-corrected chi connectivity index (χ1v) is 7.12. The lowest BCUT2D eigenvalue weighted by molar-refractivity contribution is -0.386. The lowest BCUT2D eigenvalue weighted by atomic mass is 9.86. The molecule has 0 radical (unpaired) electrons. The summed E-state index contributed by atoms with van der Waals surface area (Å²) in [4.78, 5) is 21.6. The van der Waals surface area contributed by atoms with E-state index in [1.807, 2.05) is 0 Å². The van der Waals surface area contributed by atoms with Crippen molar-refractivity contribution < 1.29 is 23.2 Å². The molecule has 1 aromatic rings. The van der Waals surface area contributed by atoms with Crippen LogP contribution in [0.15, 0.2) is 6.20 Å². The molecule has 1 aromatic heterocycles. The summed E-state index contributed by atoms with van der Waals surface area (Å²) in [5.74, 6) is -0.447. The molecule has 0 saturated heterocycles. The van der Waals surface area contributed by atoms with Gasteiger partial charge in [-0.1, -0.05) is 0 Å². The fourth-order valence-electron chi connectivity index (χ4n) is 2.72. The van der Waals surface area contributed by atoms with Crippen LogP contribution in [0.5, 0.6) is 0 Å². The Balaban J connectivity index is 2.07. The summed E-state index contributed by atoms with van der Waals surface area (Å²) in [5, 5.41) is 14.5. The molecule has 1 fully saturated rings. The van der Waals surface area contributed by atoms with E-state index in [9.17, 15) is 23.7 Å². The van der Waals surface area contributed by atoms with E-state index in [-0.39, 0.29) is 17.9 Å². The standard InChI is InChI=1S/C13H17F2N3O4/c1-2-22-13(19)8-3-5-9(6-4-8)17-7-10(18(20)21)11(16-17)12(14)15/h7-9,12H,2-6H2,1H3/t8-,9-. The van der Waals surface area contributed by atoms with Gasteiger partial charge in [0.2, 0.25) is 5.69 Å². The first-order chi connectivity index (χ1) is 10.4. The van der Waals surface area contributed by atoms with Crippen LogP contribution in [0.2, 0.25) is 0 Å². The van der Waals surface area contributed by atoms with E-state index in [2.05, 4.69) is 5.10 Å². The number of carbonyl (C=O) groups excluding carboxylic acids is 1. The van der Waals surface area contributed by atoms with Crippen molar-refractivity contribution in [2.75, 3.05) is 6.61 Å². The number of esters is 1. The lowest BCUT2D eigenvalue weighted by Gasteiger charge is -2.27. The number of halogens is 2. The average molecular weight is 317 g/mol. The van der Waals surface area contributed by atoms with Crippen molar-refractivity contribution in [3.63, 3.8) is 0 Å². The van der Waals surface area contributed by atoms with Gasteiger partial charge in [0.05, 0.1) is 23.5 Å². The largest absolute Gasteiger partial charge is 0.466 e. The second kappa shape index (κ2) is 6.80. The minimum Gasteiger partial charge on any atom is -0.466 e. The van der Waals surface area contributed by atoms with Crippen LogP contribution in [0, 0.1) is 16.0 Å². The maximum Gasteiger partial charge on any atom is 0.316 e. The van der Waals surface area contributed by atoms with Gasteiger partial charge >= 0.3 is 11.7 Å². The number of nitrogens with zero attached hydrogens (tertiary/aromatic N) is 3. The summed E-state index contributed by atoms with van der Waals surface area (Å²) in [7, 11) is 0. The second-order valence-electron chi connectivity index (χ2n) is 5.19. The summed E-state index contributed by atoms with van der Waals surface area (Å²) >= 11 is 0. The van der Waals surface area contributed by atoms with Crippen LogP contribution in [0.1, 0.15) is 50.8 Å². The summed E-state index contributed by atoms with van der Waals surface area (Å²) in [5.41, 5.74) is -1.47. The van der Waals surface area contributed by atoms with Gasteiger partial charge < -0.3 is 4.74 Å². The van der Waals surface area contributed by atoms with E-state index in [0.29, 0.717) is 32.3 Å². The fraction of sp³-hybridized carbons (Fsp3) is 0.692. The van der Waals surface area contributed by atoms with Crippen LogP contribution in [0.3, 0.4) is 0 Å². The molecule has 0 bridgehead atoms. The van der Waals surface area contributed by atoms with Gasteiger partial charge in [-0.15, -0.1) is 0 Å². The molecule has 0 atom stereocenters. The average Bonchev–Trinajstić information content (AvgIpc) is 2.93. The van der Waals surface area contributed by atoms with Crippen molar-refractivity contribution in [2.24, 2.45) is 5.92 Å². The topological polar surface area (TPSA) is 87.3 Å². The van der Waals surface area contributed by atoms with E-state index < -0.39 is 22.7 Å². The van der Waals surface area contributed by atoms with Crippen LogP contribution in [0.25, 0.3) is 0 Å². The highest BCUT2D eigenvalue weighted by Gasteiger charge is 2.32. The zero-order valence-electron chi connectivity index (χ0n) is 12.1. The normalized spacial score (nSPS) is 21.8. The van der Waals surface area contributed by atoms with E-state index in [1.165, 1.54) is 4.68 Å². The van der Waals surface area contributed by atoms with E-state index in [0.717, 1.165) is 6.20 Å². The molecule has 0 aromatic carbocycles. The van der Waals surface area contributed by atoms with E-state index in [1.54, 1.807) is 6.92 Å². The third-order valence-electron chi connectivity index (χ3n) is 3.83. The number of hydrogen-bond acceptors (Lipinski definition) is 5. The molecule has 0 unspecified atom stereocenters. The Kier molecular flexibility index (Phi) is 5.04. The van der Waals surface area contributed by atoms with E-state index in [4.69, 9.17) is 4.74 Å². The molecule has 1 heterocycles. The molecular formula is C13H17F2N3O4. The van der Waals surface area contributed by atoms with Gasteiger partial charge in [0.1, 0.15) is 6.20 Å². The molecule has 22 heavy (non-hydrogen) atoms. The molecule has 1 aliphatic carbocycles. The lowest BCUT2D eigenvalue weighted by Crippen LogP contribution is -2.25. The molecule has 0 N–H and O–H groups in total. The Morgan fingerprint density at radius 2 is 2.14 bits per heavy atom. The van der Waals surface area contributed by atoms with Crippen LogP contribution >= 0.6 is 0 Å². The second-order valence-corrected chi connectivity index (χ2v) is 5.19. The Hall–Kier alpha value is -2.06. The van der Waals surface area contributed by atoms with Gasteiger partial charge in [0.15, 0.2) is 0 Å². The maximum absolute atomic E-state index is 12.8. The molecule has 9 heteroatoms. The van der Waals surface area contributed by atoms with Crippen molar-refractivity contribution in [1.82, 2.24) is 9.78 Å². The van der Waals surface area contributed by atoms with Crippen molar-refractivity contribution >= 4 is 11.7 Å². The minimum absolute atomic E-state index is 0.198. The first kappa shape index (κ1) is 16.3. The summed E-state index contributed by atoms with van der Waals surface area (Å²) in [6, 6.07) is -0.211. The molecule has 2 rings (SSSR count). The highest BCUT2D eigenvalue weighted by atomic mass is 19.3. The van der Waals surface area contributed by atoms with Gasteiger partial charge in [-0.25, -0.2) is 8.78 Å². The maximum atomic E-state index is 12.8. The third-order valence-corrected chi connectivity index (χ3v) is 3.83. The number of alkyl halides is 2. The summed E-state index contributed by atoms with van der Waals surface area (Å²) in [6.07, 6.45) is 0.271. The van der Waals surface area contributed by atoms with Crippen molar-refractivity contribution in [3.8, 4) is 0 Å². The van der Waals surface area contributed by atoms with Crippen LogP contribution < -0.4 is 0 Å². The molecule has 0 spiro atoms. The van der Waals surface area contributed by atoms with Crippen LogP contribution in [-0.4, -0.2) is 27.3 Å². The summed E-state index contributed by atoms with van der Waals surface area (Å²) in [6.45, 7) is 2.06. The van der Waals surface area contributed by atoms with Crippen LogP contribution in [-0.2, 0) is 9.53 Å². The monoisotopic (exact) mass is 317 g/mol. The highest BCUT2D eigenvalue weighted by molar-refractivity contribution is 5.72. The zero-order valence-corrected chi connectivity index (χ0v) is 12.1.